The van der Waals surface area contributed by atoms with Gasteiger partial charge in [-0.05, 0) is 12.8 Å². The summed E-state index contributed by atoms with van der Waals surface area (Å²) in [7, 11) is 0. The van der Waals surface area contributed by atoms with Gasteiger partial charge in [0.1, 0.15) is 5.60 Å². The standard InChI is InChI=1S/C8H12N2O2/c11-7-10-4-3-9-5-6(10)8(12-7)1-2-8/h6,9H,1-5H2. The highest BCUT2D eigenvalue weighted by Crippen LogP contribution is 2.49. The topological polar surface area (TPSA) is 41.6 Å². The Morgan fingerprint density at radius 3 is 3.17 bits per heavy atom. The third-order valence-corrected chi connectivity index (χ3v) is 3.12. The summed E-state index contributed by atoms with van der Waals surface area (Å²) in [5.41, 5.74) is -0.0789. The second-order valence-corrected chi connectivity index (χ2v) is 3.85. The molecule has 66 valence electrons. The van der Waals surface area contributed by atoms with E-state index in [4.69, 9.17) is 4.74 Å². The maximum absolute atomic E-state index is 11.3. The molecule has 2 saturated heterocycles. The Hall–Kier alpha value is -0.770. The van der Waals surface area contributed by atoms with Crippen LogP contribution in [0.25, 0.3) is 0 Å². The Morgan fingerprint density at radius 1 is 1.58 bits per heavy atom. The summed E-state index contributed by atoms with van der Waals surface area (Å²) in [6.45, 7) is 2.62. The average Bonchev–Trinajstić information content (AvgIpc) is 2.79. The van der Waals surface area contributed by atoms with Crippen LogP contribution in [-0.4, -0.2) is 42.3 Å². The third kappa shape index (κ3) is 0.684. The minimum atomic E-state index is -0.0981. The zero-order valence-corrected chi connectivity index (χ0v) is 6.88. The molecule has 1 N–H and O–H groups in total. The van der Waals surface area contributed by atoms with Crippen molar-refractivity contribution in [3.8, 4) is 0 Å². The fourth-order valence-electron chi connectivity index (χ4n) is 2.25. The van der Waals surface area contributed by atoms with Crippen molar-refractivity contribution >= 4 is 6.09 Å². The van der Waals surface area contributed by atoms with Crippen LogP contribution < -0.4 is 5.32 Å². The number of fused-ring (bicyclic) bond motifs is 2. The number of hydrogen-bond donors (Lipinski definition) is 1. The molecule has 0 aromatic heterocycles. The van der Waals surface area contributed by atoms with Gasteiger partial charge in [0.25, 0.3) is 0 Å². The number of amides is 1. The van der Waals surface area contributed by atoms with E-state index in [-0.39, 0.29) is 11.7 Å². The number of ether oxygens (including phenoxy) is 1. The lowest BCUT2D eigenvalue weighted by molar-refractivity contribution is 0.116. The third-order valence-electron chi connectivity index (χ3n) is 3.12. The zero-order chi connectivity index (χ0) is 8.18. The summed E-state index contributed by atoms with van der Waals surface area (Å²) in [6.07, 6.45) is 2.02. The quantitative estimate of drug-likeness (QED) is 0.551. The number of carbonyl (C=O) groups excluding carboxylic acids is 1. The molecule has 4 heteroatoms. The number of nitrogens with one attached hydrogen (secondary N) is 1. The maximum Gasteiger partial charge on any atom is 0.410 e. The number of hydrogen-bond acceptors (Lipinski definition) is 3. The summed E-state index contributed by atoms with van der Waals surface area (Å²) in [5, 5.41) is 3.30. The van der Waals surface area contributed by atoms with E-state index in [2.05, 4.69) is 5.32 Å². The molecule has 3 rings (SSSR count). The Morgan fingerprint density at radius 2 is 2.42 bits per heavy atom. The molecule has 0 aromatic rings. The first-order valence-corrected chi connectivity index (χ1v) is 4.52. The Labute approximate surface area is 70.9 Å². The van der Waals surface area contributed by atoms with Crippen molar-refractivity contribution in [2.24, 2.45) is 0 Å². The smallest absolute Gasteiger partial charge is 0.410 e. The van der Waals surface area contributed by atoms with E-state index < -0.39 is 0 Å². The fraction of sp³-hybridized carbons (Fsp3) is 0.875. The normalized spacial score (nSPS) is 36.5. The van der Waals surface area contributed by atoms with E-state index in [1.165, 1.54) is 0 Å². The lowest BCUT2D eigenvalue weighted by Crippen LogP contribution is -2.52. The molecule has 0 radical (unpaired) electrons. The van der Waals surface area contributed by atoms with Gasteiger partial charge in [-0.1, -0.05) is 0 Å². The molecule has 2 heterocycles. The van der Waals surface area contributed by atoms with E-state index in [0.29, 0.717) is 6.04 Å². The summed E-state index contributed by atoms with van der Waals surface area (Å²) in [6, 6.07) is 0.318. The van der Waals surface area contributed by atoms with Gasteiger partial charge in [0, 0.05) is 19.6 Å². The highest BCUT2D eigenvalue weighted by atomic mass is 16.6. The predicted molar refractivity (Wildman–Crippen MR) is 41.8 cm³/mol. The molecule has 4 nitrogen and oxygen atoms in total. The van der Waals surface area contributed by atoms with Crippen LogP contribution >= 0.6 is 0 Å². The van der Waals surface area contributed by atoms with Crippen molar-refractivity contribution in [2.45, 2.75) is 24.5 Å². The van der Waals surface area contributed by atoms with E-state index in [1.54, 1.807) is 0 Å². The molecule has 0 aromatic carbocycles. The van der Waals surface area contributed by atoms with E-state index >= 15 is 0 Å². The molecule has 2 aliphatic heterocycles. The van der Waals surface area contributed by atoms with Crippen molar-refractivity contribution in [3.05, 3.63) is 0 Å². The van der Waals surface area contributed by atoms with Crippen molar-refractivity contribution in [3.63, 3.8) is 0 Å². The minimum Gasteiger partial charge on any atom is -0.441 e. The molecular weight excluding hydrogens is 156 g/mol. The SMILES string of the molecule is O=C1OC2(CC2)C2CNCCN12. The lowest BCUT2D eigenvalue weighted by atomic mass is 10.1. The van der Waals surface area contributed by atoms with Gasteiger partial charge in [0.2, 0.25) is 0 Å². The van der Waals surface area contributed by atoms with Crippen LogP contribution in [0, 0.1) is 0 Å². The largest absolute Gasteiger partial charge is 0.441 e. The molecule has 1 amide bonds. The minimum absolute atomic E-state index is 0.0789. The highest BCUT2D eigenvalue weighted by molar-refractivity contribution is 5.72. The van der Waals surface area contributed by atoms with E-state index in [0.717, 1.165) is 32.5 Å². The van der Waals surface area contributed by atoms with Crippen molar-refractivity contribution in [2.75, 3.05) is 19.6 Å². The first-order valence-electron chi connectivity index (χ1n) is 4.52. The molecule has 3 aliphatic rings. The second-order valence-electron chi connectivity index (χ2n) is 3.85. The fourth-order valence-corrected chi connectivity index (χ4v) is 2.25. The van der Waals surface area contributed by atoms with E-state index in [1.807, 2.05) is 4.90 Å². The molecular formula is C8H12N2O2. The predicted octanol–water partition coefficient (Wildman–Crippen LogP) is -0.0570. The number of piperazine rings is 1. The van der Waals surface area contributed by atoms with Gasteiger partial charge in [-0.3, -0.25) is 4.90 Å². The van der Waals surface area contributed by atoms with Gasteiger partial charge in [0.15, 0.2) is 0 Å². The number of rotatable bonds is 0. The lowest BCUT2D eigenvalue weighted by Gasteiger charge is -2.29. The Balaban J connectivity index is 1.91. The van der Waals surface area contributed by atoms with E-state index in [9.17, 15) is 4.79 Å². The summed E-state index contributed by atoms with van der Waals surface area (Å²) in [5.74, 6) is 0. The van der Waals surface area contributed by atoms with Crippen molar-refractivity contribution in [1.82, 2.24) is 10.2 Å². The van der Waals surface area contributed by atoms with Gasteiger partial charge in [-0.2, -0.15) is 0 Å². The molecule has 1 spiro atoms. The second kappa shape index (κ2) is 1.93. The first kappa shape index (κ1) is 6.71. The zero-order valence-electron chi connectivity index (χ0n) is 6.88. The molecule has 3 fully saturated rings. The average molecular weight is 168 g/mol. The molecule has 1 aliphatic carbocycles. The molecule has 12 heavy (non-hydrogen) atoms. The van der Waals surface area contributed by atoms with Crippen LogP contribution in [0.1, 0.15) is 12.8 Å². The Kier molecular flexibility index (Phi) is 1.08. The van der Waals surface area contributed by atoms with Gasteiger partial charge >= 0.3 is 6.09 Å². The van der Waals surface area contributed by atoms with Crippen molar-refractivity contribution < 1.29 is 9.53 Å². The van der Waals surface area contributed by atoms with Crippen LogP contribution in [0.15, 0.2) is 0 Å². The molecule has 0 bridgehead atoms. The first-order chi connectivity index (χ1) is 5.82. The highest BCUT2D eigenvalue weighted by Gasteiger charge is 2.62. The summed E-state index contributed by atoms with van der Waals surface area (Å²) >= 11 is 0. The van der Waals surface area contributed by atoms with Crippen LogP contribution in [-0.2, 0) is 4.74 Å². The maximum atomic E-state index is 11.3. The van der Waals surface area contributed by atoms with Gasteiger partial charge in [-0.25, -0.2) is 4.79 Å². The number of carbonyl (C=O) groups is 1. The van der Waals surface area contributed by atoms with Crippen LogP contribution in [0.4, 0.5) is 4.79 Å². The van der Waals surface area contributed by atoms with Crippen molar-refractivity contribution in [1.29, 1.82) is 0 Å². The summed E-state index contributed by atoms with van der Waals surface area (Å²) < 4.78 is 5.35. The summed E-state index contributed by atoms with van der Waals surface area (Å²) in [4.78, 5) is 13.2. The van der Waals surface area contributed by atoms with Crippen LogP contribution in [0.5, 0.6) is 0 Å². The molecule has 1 atom stereocenters. The monoisotopic (exact) mass is 168 g/mol. The van der Waals surface area contributed by atoms with Gasteiger partial charge in [-0.15, -0.1) is 0 Å². The van der Waals surface area contributed by atoms with Gasteiger partial charge < -0.3 is 10.1 Å². The van der Waals surface area contributed by atoms with Crippen LogP contribution in [0.3, 0.4) is 0 Å². The molecule has 1 saturated carbocycles. The van der Waals surface area contributed by atoms with Gasteiger partial charge in [0.05, 0.1) is 6.04 Å². The number of nitrogens with zero attached hydrogens (tertiary/aromatic N) is 1. The molecule has 1 unspecified atom stereocenters. The Bertz CT molecular complexity index is 237. The van der Waals surface area contributed by atoms with Crippen LogP contribution in [0.2, 0.25) is 0 Å².